The van der Waals surface area contributed by atoms with Crippen molar-refractivity contribution in [2.24, 2.45) is 5.14 Å². The first kappa shape index (κ1) is 15.7. The van der Waals surface area contributed by atoms with Crippen LogP contribution in [0.15, 0.2) is 23.1 Å². The molecule has 0 fully saturated rings. The maximum Gasteiger partial charge on any atom is 0.260 e. The summed E-state index contributed by atoms with van der Waals surface area (Å²) in [6, 6.07) is 3.81. The van der Waals surface area contributed by atoms with Crippen LogP contribution in [0.25, 0.3) is 0 Å². The zero-order valence-electron chi connectivity index (χ0n) is 10.6. The first-order valence-electron chi connectivity index (χ1n) is 5.44. The molecule has 0 spiro atoms. The summed E-state index contributed by atoms with van der Waals surface area (Å²) in [5, 5.41) is 5.05. The summed E-state index contributed by atoms with van der Waals surface area (Å²) in [6.45, 7) is 2.24. The lowest BCUT2D eigenvalue weighted by molar-refractivity contribution is -0.131. The third-order valence-corrected chi connectivity index (χ3v) is 3.69. The van der Waals surface area contributed by atoms with Crippen molar-refractivity contribution >= 4 is 27.5 Å². The van der Waals surface area contributed by atoms with Gasteiger partial charge in [-0.3, -0.25) is 4.79 Å². The summed E-state index contributed by atoms with van der Waals surface area (Å²) in [6.07, 6.45) is 0. The summed E-state index contributed by atoms with van der Waals surface area (Å²) in [4.78, 5) is 12.9. The quantitative estimate of drug-likeness (QED) is 0.873. The fourth-order valence-electron chi connectivity index (χ4n) is 1.20. The molecule has 0 saturated heterocycles. The van der Waals surface area contributed by atoms with Gasteiger partial charge in [0.05, 0.1) is 9.92 Å². The van der Waals surface area contributed by atoms with Crippen LogP contribution in [0.4, 0.5) is 0 Å². The highest BCUT2D eigenvalue weighted by atomic mass is 35.5. The number of primary sulfonamides is 1. The summed E-state index contributed by atoms with van der Waals surface area (Å²) < 4.78 is 27.4. The van der Waals surface area contributed by atoms with Crippen molar-refractivity contribution in [3.05, 3.63) is 23.2 Å². The number of hydrogen-bond acceptors (Lipinski definition) is 4. The van der Waals surface area contributed by atoms with Crippen LogP contribution in [0.3, 0.4) is 0 Å². The predicted molar refractivity (Wildman–Crippen MR) is 71.6 cm³/mol. The molecule has 0 aromatic heterocycles. The summed E-state index contributed by atoms with van der Waals surface area (Å²) >= 11 is 5.86. The number of ether oxygens (including phenoxy) is 1. The van der Waals surface area contributed by atoms with E-state index in [1.54, 1.807) is 7.05 Å². The molecule has 19 heavy (non-hydrogen) atoms. The van der Waals surface area contributed by atoms with Crippen molar-refractivity contribution in [3.8, 4) is 5.75 Å². The zero-order valence-corrected chi connectivity index (χ0v) is 12.2. The fraction of sp³-hybridized carbons (Fsp3) is 0.364. The van der Waals surface area contributed by atoms with Gasteiger partial charge >= 0.3 is 0 Å². The largest absolute Gasteiger partial charge is 0.482 e. The maximum atomic E-state index is 11.5. The molecule has 0 unspecified atom stereocenters. The highest BCUT2D eigenvalue weighted by molar-refractivity contribution is 7.89. The van der Waals surface area contributed by atoms with Crippen molar-refractivity contribution in [3.63, 3.8) is 0 Å². The number of rotatable bonds is 5. The number of halogens is 1. The van der Waals surface area contributed by atoms with Crippen molar-refractivity contribution in [1.82, 2.24) is 4.90 Å². The van der Waals surface area contributed by atoms with E-state index >= 15 is 0 Å². The van der Waals surface area contributed by atoms with Crippen LogP contribution in [0, 0.1) is 0 Å². The van der Waals surface area contributed by atoms with Crippen molar-refractivity contribution in [2.45, 2.75) is 11.8 Å². The molecule has 6 nitrogen and oxygen atoms in total. The van der Waals surface area contributed by atoms with Crippen LogP contribution in [0.5, 0.6) is 5.75 Å². The van der Waals surface area contributed by atoms with Crippen molar-refractivity contribution in [2.75, 3.05) is 20.2 Å². The number of hydrogen-bond donors (Lipinski definition) is 1. The molecule has 2 N–H and O–H groups in total. The molecule has 106 valence electrons. The van der Waals surface area contributed by atoms with E-state index in [-0.39, 0.29) is 28.2 Å². The summed E-state index contributed by atoms with van der Waals surface area (Å²) in [7, 11) is -2.16. The van der Waals surface area contributed by atoms with Gasteiger partial charge in [-0.05, 0) is 25.1 Å². The van der Waals surface area contributed by atoms with E-state index in [1.165, 1.54) is 23.1 Å². The van der Waals surface area contributed by atoms with Gasteiger partial charge in [-0.1, -0.05) is 11.6 Å². The number of carbonyl (C=O) groups is 1. The van der Waals surface area contributed by atoms with Crippen LogP contribution in [-0.2, 0) is 14.8 Å². The normalized spacial score (nSPS) is 11.2. The van der Waals surface area contributed by atoms with E-state index in [0.717, 1.165) is 0 Å². The van der Waals surface area contributed by atoms with E-state index in [1.807, 2.05) is 6.92 Å². The molecule has 0 bridgehead atoms. The molecule has 0 aliphatic heterocycles. The monoisotopic (exact) mass is 306 g/mol. The van der Waals surface area contributed by atoms with Gasteiger partial charge in [0.15, 0.2) is 6.61 Å². The van der Waals surface area contributed by atoms with E-state index in [9.17, 15) is 13.2 Å². The number of nitrogens with zero attached hydrogens (tertiary/aromatic N) is 1. The van der Waals surface area contributed by atoms with Crippen LogP contribution < -0.4 is 9.88 Å². The van der Waals surface area contributed by atoms with E-state index in [4.69, 9.17) is 21.5 Å². The zero-order chi connectivity index (χ0) is 14.6. The molecule has 0 atom stereocenters. The highest BCUT2D eigenvalue weighted by Gasteiger charge is 2.13. The van der Waals surface area contributed by atoms with Gasteiger partial charge in [0.25, 0.3) is 5.91 Å². The third kappa shape index (κ3) is 4.38. The summed E-state index contributed by atoms with van der Waals surface area (Å²) in [5.41, 5.74) is 0. The van der Waals surface area contributed by atoms with Gasteiger partial charge in [-0.25, -0.2) is 13.6 Å². The van der Waals surface area contributed by atoms with Crippen molar-refractivity contribution < 1.29 is 17.9 Å². The van der Waals surface area contributed by atoms with Gasteiger partial charge in [0, 0.05) is 13.6 Å². The number of nitrogens with two attached hydrogens (primary N) is 1. The molecule has 0 saturated carbocycles. The number of amides is 1. The van der Waals surface area contributed by atoms with Gasteiger partial charge in [-0.2, -0.15) is 0 Å². The molecule has 0 aliphatic rings. The third-order valence-electron chi connectivity index (χ3n) is 2.48. The smallest absolute Gasteiger partial charge is 0.260 e. The van der Waals surface area contributed by atoms with Crippen LogP contribution in [0.1, 0.15) is 6.92 Å². The average Bonchev–Trinajstić information content (AvgIpc) is 2.34. The Balaban J connectivity index is 2.79. The van der Waals surface area contributed by atoms with E-state index < -0.39 is 10.0 Å². The van der Waals surface area contributed by atoms with Gasteiger partial charge in [0.2, 0.25) is 10.0 Å². The maximum absolute atomic E-state index is 11.5. The van der Waals surface area contributed by atoms with Gasteiger partial charge in [-0.15, -0.1) is 0 Å². The molecule has 1 rings (SSSR count). The van der Waals surface area contributed by atoms with Crippen molar-refractivity contribution in [1.29, 1.82) is 0 Å². The topological polar surface area (TPSA) is 89.7 Å². The molecular formula is C11H15ClN2O4S. The molecule has 1 amide bonds. The lowest BCUT2D eigenvalue weighted by Crippen LogP contribution is -2.31. The fourth-order valence-corrected chi connectivity index (χ4v) is 2.04. The number of carbonyl (C=O) groups excluding carboxylic acids is 1. The predicted octanol–water partition coefficient (Wildman–Crippen LogP) is 0.845. The Morgan fingerprint density at radius 1 is 1.47 bits per heavy atom. The minimum absolute atomic E-state index is 0.0819. The summed E-state index contributed by atoms with van der Waals surface area (Å²) in [5.74, 6) is 0.0287. The molecule has 8 heteroatoms. The second-order valence-electron chi connectivity index (χ2n) is 3.83. The molecule has 0 heterocycles. The van der Waals surface area contributed by atoms with Crippen LogP contribution >= 0.6 is 11.6 Å². The molecule has 1 aromatic carbocycles. The minimum Gasteiger partial charge on any atom is -0.482 e. The lowest BCUT2D eigenvalue weighted by atomic mass is 10.3. The molecule has 0 radical (unpaired) electrons. The first-order chi connectivity index (χ1) is 8.75. The Morgan fingerprint density at radius 2 is 2.11 bits per heavy atom. The molecule has 0 aliphatic carbocycles. The molecular weight excluding hydrogens is 292 g/mol. The van der Waals surface area contributed by atoms with E-state index in [2.05, 4.69) is 0 Å². The Hall–Kier alpha value is -1.31. The Bertz CT molecular complexity index is 574. The lowest BCUT2D eigenvalue weighted by Gasteiger charge is -2.15. The first-order valence-corrected chi connectivity index (χ1v) is 7.37. The van der Waals surface area contributed by atoms with Gasteiger partial charge < -0.3 is 9.64 Å². The van der Waals surface area contributed by atoms with Crippen LogP contribution in [0.2, 0.25) is 5.02 Å². The Morgan fingerprint density at radius 3 is 2.58 bits per heavy atom. The minimum atomic E-state index is -3.81. The van der Waals surface area contributed by atoms with E-state index in [0.29, 0.717) is 6.54 Å². The Labute approximate surface area is 117 Å². The second-order valence-corrected chi connectivity index (χ2v) is 5.80. The highest BCUT2D eigenvalue weighted by Crippen LogP contribution is 2.26. The average molecular weight is 307 g/mol. The SMILES string of the molecule is CCN(C)C(=O)COc1ccc(S(N)(=O)=O)cc1Cl. The number of benzene rings is 1. The second kappa shape index (κ2) is 6.23. The number of sulfonamides is 1. The number of likely N-dealkylation sites (N-methyl/N-ethyl adjacent to an activating group) is 1. The van der Waals surface area contributed by atoms with Gasteiger partial charge in [0.1, 0.15) is 5.75 Å². The molecule has 1 aromatic rings. The Kier molecular flexibility index (Phi) is 5.16. The van der Waals surface area contributed by atoms with Crippen LogP contribution in [-0.4, -0.2) is 39.4 Å². The standard InChI is InChI=1S/C11H15ClN2O4S/c1-3-14(2)11(15)7-18-10-5-4-8(6-9(10)12)19(13,16)17/h4-6H,3,7H2,1-2H3,(H2,13,16,17).